The van der Waals surface area contributed by atoms with E-state index in [9.17, 15) is 4.39 Å². The minimum atomic E-state index is -0.222. The van der Waals surface area contributed by atoms with E-state index in [-0.39, 0.29) is 11.9 Å². The number of halogens is 2. The molecule has 6 heteroatoms. The fourth-order valence-electron chi connectivity index (χ4n) is 4.80. The first kappa shape index (κ1) is 22.8. The predicted molar refractivity (Wildman–Crippen MR) is 136 cm³/mol. The van der Waals surface area contributed by atoms with E-state index in [1.54, 1.807) is 0 Å². The van der Waals surface area contributed by atoms with Crippen molar-refractivity contribution in [3.05, 3.63) is 101 Å². The largest absolute Gasteiger partial charge is 0.301 e. The van der Waals surface area contributed by atoms with Gasteiger partial charge in [-0.3, -0.25) is 10.00 Å². The number of nitrogens with zero attached hydrogens (tertiary/aromatic N) is 3. The molecule has 0 radical (unpaired) electrons. The summed E-state index contributed by atoms with van der Waals surface area (Å²) >= 11 is 6.30. The van der Waals surface area contributed by atoms with Crippen molar-refractivity contribution >= 4 is 11.6 Å². The summed E-state index contributed by atoms with van der Waals surface area (Å²) in [7, 11) is 0. The Hall–Kier alpha value is -2.99. The summed E-state index contributed by atoms with van der Waals surface area (Å²) < 4.78 is 13.4. The van der Waals surface area contributed by atoms with E-state index >= 15 is 0 Å². The standard InChI is InChI=1S/C28H28ClFN4/c1-2-33-14-16-34(17-15-33)28(26-19-31-32-27(26)23-4-3-5-24(29)18-23)22-8-6-20(7-9-22)21-10-12-25(30)13-11-21/h3-13,18-19,28H,2,14-17H2,1H3,(H,31,32). The van der Waals surface area contributed by atoms with Crippen molar-refractivity contribution in [1.82, 2.24) is 20.0 Å². The quantitative estimate of drug-likeness (QED) is 0.358. The molecular weight excluding hydrogens is 447 g/mol. The Kier molecular flexibility index (Phi) is 6.77. The Balaban J connectivity index is 1.53. The van der Waals surface area contributed by atoms with Crippen LogP contribution in [0.4, 0.5) is 4.39 Å². The van der Waals surface area contributed by atoms with Crippen molar-refractivity contribution in [2.75, 3.05) is 32.7 Å². The normalized spacial score (nSPS) is 16.0. The molecule has 1 aliphatic rings. The smallest absolute Gasteiger partial charge is 0.123 e. The van der Waals surface area contributed by atoms with Crippen LogP contribution in [0.2, 0.25) is 5.02 Å². The van der Waals surface area contributed by atoms with Gasteiger partial charge >= 0.3 is 0 Å². The summed E-state index contributed by atoms with van der Waals surface area (Å²) in [6.07, 6.45) is 1.95. The zero-order valence-corrected chi connectivity index (χ0v) is 20.0. The Morgan fingerprint density at radius 3 is 2.24 bits per heavy atom. The molecular formula is C28H28ClFN4. The van der Waals surface area contributed by atoms with Crippen molar-refractivity contribution in [1.29, 1.82) is 0 Å². The molecule has 1 aliphatic heterocycles. The monoisotopic (exact) mass is 474 g/mol. The van der Waals surface area contributed by atoms with Gasteiger partial charge in [0.2, 0.25) is 0 Å². The first-order valence-electron chi connectivity index (χ1n) is 11.7. The molecule has 1 saturated heterocycles. The molecule has 1 N–H and O–H groups in total. The Bertz CT molecular complexity index is 1230. The van der Waals surface area contributed by atoms with Crippen molar-refractivity contribution in [2.24, 2.45) is 0 Å². The van der Waals surface area contributed by atoms with Gasteiger partial charge in [-0.1, -0.05) is 67.1 Å². The van der Waals surface area contributed by atoms with Gasteiger partial charge in [-0.25, -0.2) is 4.39 Å². The van der Waals surface area contributed by atoms with Crippen LogP contribution in [0.3, 0.4) is 0 Å². The number of likely N-dealkylation sites (N-methyl/N-ethyl adjacent to an activating group) is 1. The molecule has 34 heavy (non-hydrogen) atoms. The summed E-state index contributed by atoms with van der Waals surface area (Å²) in [5.74, 6) is -0.222. The van der Waals surface area contributed by atoms with Crippen LogP contribution in [0.25, 0.3) is 22.4 Å². The zero-order valence-electron chi connectivity index (χ0n) is 19.2. The van der Waals surface area contributed by atoms with E-state index < -0.39 is 0 Å². The fraction of sp³-hybridized carbons (Fsp3) is 0.250. The molecule has 0 aliphatic carbocycles. The second kappa shape index (κ2) is 10.1. The molecule has 0 spiro atoms. The number of aromatic amines is 1. The lowest BCUT2D eigenvalue weighted by Crippen LogP contribution is -2.47. The minimum absolute atomic E-state index is 0.0639. The van der Waals surface area contributed by atoms with Crippen LogP contribution in [0.15, 0.2) is 79.0 Å². The lowest BCUT2D eigenvalue weighted by molar-refractivity contribution is 0.113. The average Bonchev–Trinajstić information content (AvgIpc) is 3.35. The highest BCUT2D eigenvalue weighted by atomic mass is 35.5. The van der Waals surface area contributed by atoms with Crippen molar-refractivity contribution in [3.63, 3.8) is 0 Å². The highest BCUT2D eigenvalue weighted by molar-refractivity contribution is 6.30. The number of piperazine rings is 1. The van der Waals surface area contributed by atoms with Gasteiger partial charge < -0.3 is 4.90 Å². The summed E-state index contributed by atoms with van der Waals surface area (Å²) in [4.78, 5) is 5.02. The van der Waals surface area contributed by atoms with Gasteiger partial charge in [-0.05, 0) is 47.5 Å². The molecule has 1 atom stereocenters. The van der Waals surface area contributed by atoms with Gasteiger partial charge in [-0.2, -0.15) is 5.10 Å². The van der Waals surface area contributed by atoms with E-state index in [2.05, 4.69) is 57.3 Å². The Morgan fingerprint density at radius 1 is 0.912 bits per heavy atom. The molecule has 0 bridgehead atoms. The van der Waals surface area contributed by atoms with Gasteiger partial charge in [0.05, 0.1) is 17.9 Å². The molecule has 174 valence electrons. The number of hydrogen-bond acceptors (Lipinski definition) is 3. The molecule has 5 rings (SSSR count). The van der Waals surface area contributed by atoms with Crippen LogP contribution in [0.1, 0.15) is 24.1 Å². The van der Waals surface area contributed by atoms with Gasteiger partial charge in [0.1, 0.15) is 5.82 Å². The maximum atomic E-state index is 13.4. The number of hydrogen-bond donors (Lipinski definition) is 1. The van der Waals surface area contributed by atoms with Gasteiger partial charge in [0.25, 0.3) is 0 Å². The summed E-state index contributed by atoms with van der Waals surface area (Å²) in [5, 5.41) is 8.36. The van der Waals surface area contributed by atoms with E-state index in [4.69, 9.17) is 11.6 Å². The van der Waals surface area contributed by atoms with Crippen LogP contribution in [-0.2, 0) is 0 Å². The van der Waals surface area contributed by atoms with Crippen molar-refractivity contribution in [2.45, 2.75) is 13.0 Å². The van der Waals surface area contributed by atoms with E-state index in [0.717, 1.165) is 60.7 Å². The van der Waals surface area contributed by atoms with E-state index in [1.807, 2.05) is 36.5 Å². The molecule has 3 aromatic carbocycles. The number of benzene rings is 3. The molecule has 4 nitrogen and oxygen atoms in total. The highest BCUT2D eigenvalue weighted by Gasteiger charge is 2.29. The molecule has 1 fully saturated rings. The second-order valence-corrected chi connectivity index (χ2v) is 9.15. The lowest BCUT2D eigenvalue weighted by atomic mass is 9.93. The van der Waals surface area contributed by atoms with Gasteiger partial charge in [-0.15, -0.1) is 0 Å². The topological polar surface area (TPSA) is 35.2 Å². The van der Waals surface area contributed by atoms with Crippen LogP contribution in [0.5, 0.6) is 0 Å². The minimum Gasteiger partial charge on any atom is -0.301 e. The zero-order chi connectivity index (χ0) is 23.5. The number of H-pyrrole nitrogens is 1. The molecule has 1 aromatic heterocycles. The van der Waals surface area contributed by atoms with Crippen molar-refractivity contribution in [3.8, 4) is 22.4 Å². The van der Waals surface area contributed by atoms with Crippen LogP contribution in [-0.4, -0.2) is 52.7 Å². The van der Waals surface area contributed by atoms with E-state index in [1.165, 1.54) is 17.7 Å². The van der Waals surface area contributed by atoms with Crippen molar-refractivity contribution < 1.29 is 4.39 Å². The van der Waals surface area contributed by atoms with Crippen LogP contribution in [0, 0.1) is 5.82 Å². The maximum absolute atomic E-state index is 13.4. The third kappa shape index (κ3) is 4.78. The van der Waals surface area contributed by atoms with Crippen LogP contribution < -0.4 is 0 Å². The predicted octanol–water partition coefficient (Wildman–Crippen LogP) is 6.26. The highest BCUT2D eigenvalue weighted by Crippen LogP contribution is 2.36. The Morgan fingerprint density at radius 2 is 1.59 bits per heavy atom. The average molecular weight is 475 g/mol. The second-order valence-electron chi connectivity index (χ2n) is 8.71. The first-order chi connectivity index (χ1) is 16.6. The molecule has 4 aromatic rings. The SMILES string of the molecule is CCN1CCN(C(c2ccc(-c3ccc(F)cc3)cc2)c2cn[nH]c2-c2cccc(Cl)c2)CC1. The molecule has 0 amide bonds. The summed E-state index contributed by atoms with van der Waals surface area (Å²) in [6.45, 7) is 7.35. The molecule has 0 saturated carbocycles. The number of aromatic nitrogens is 2. The third-order valence-electron chi connectivity index (χ3n) is 6.70. The Labute approximate surface area is 205 Å². The fourth-order valence-corrected chi connectivity index (χ4v) is 4.99. The maximum Gasteiger partial charge on any atom is 0.123 e. The number of nitrogens with one attached hydrogen (secondary N) is 1. The molecule has 1 unspecified atom stereocenters. The van der Waals surface area contributed by atoms with E-state index in [0.29, 0.717) is 5.02 Å². The van der Waals surface area contributed by atoms with Crippen LogP contribution >= 0.6 is 11.6 Å². The lowest BCUT2D eigenvalue weighted by Gasteiger charge is -2.39. The molecule has 2 heterocycles. The summed E-state index contributed by atoms with van der Waals surface area (Å²) in [5.41, 5.74) is 6.44. The third-order valence-corrected chi connectivity index (χ3v) is 6.93. The van der Waals surface area contributed by atoms with Gasteiger partial charge in [0, 0.05) is 42.3 Å². The van der Waals surface area contributed by atoms with Gasteiger partial charge in [0.15, 0.2) is 0 Å². The number of rotatable bonds is 6. The first-order valence-corrected chi connectivity index (χ1v) is 12.1. The summed E-state index contributed by atoms with van der Waals surface area (Å²) in [6, 6.07) is 23.2.